The minimum atomic E-state index is -4.43. The molecule has 116 valence electrons. The fourth-order valence-corrected chi connectivity index (χ4v) is 2.52. The van der Waals surface area contributed by atoms with Crippen LogP contribution in [0.5, 0.6) is 0 Å². The second kappa shape index (κ2) is 6.93. The molecule has 0 aliphatic carbocycles. The predicted molar refractivity (Wildman–Crippen MR) is 73.8 cm³/mol. The first-order valence-electron chi connectivity index (χ1n) is 7.12. The molecular weight excluding hydrogens is 281 g/mol. The second-order valence-corrected chi connectivity index (χ2v) is 5.28. The molecule has 1 saturated heterocycles. The van der Waals surface area contributed by atoms with Gasteiger partial charge in [0.1, 0.15) is 0 Å². The quantitative estimate of drug-likeness (QED) is 0.897. The largest absolute Gasteiger partial charge is 0.416 e. The van der Waals surface area contributed by atoms with Crippen LogP contribution in [0.4, 0.5) is 13.2 Å². The van der Waals surface area contributed by atoms with Crippen LogP contribution >= 0.6 is 0 Å². The number of hydrogen-bond donors (Lipinski definition) is 2. The van der Waals surface area contributed by atoms with Crippen LogP contribution in [-0.4, -0.2) is 25.0 Å². The van der Waals surface area contributed by atoms with Crippen molar-refractivity contribution in [3.05, 3.63) is 35.4 Å². The average molecular weight is 300 g/mol. The lowest BCUT2D eigenvalue weighted by atomic mass is 10.0. The minimum Gasteiger partial charge on any atom is -0.354 e. The summed E-state index contributed by atoms with van der Waals surface area (Å²) in [7, 11) is 0. The van der Waals surface area contributed by atoms with Crippen LogP contribution in [-0.2, 0) is 17.4 Å². The molecular formula is C15H19F3N2O. The van der Waals surface area contributed by atoms with E-state index in [1.807, 2.05) is 0 Å². The van der Waals surface area contributed by atoms with Crippen molar-refractivity contribution < 1.29 is 18.0 Å². The van der Waals surface area contributed by atoms with Crippen LogP contribution in [0.15, 0.2) is 24.3 Å². The maximum Gasteiger partial charge on any atom is 0.416 e. The van der Waals surface area contributed by atoms with Gasteiger partial charge in [-0.3, -0.25) is 4.79 Å². The smallest absolute Gasteiger partial charge is 0.354 e. The lowest BCUT2D eigenvalue weighted by Crippen LogP contribution is -2.43. The SMILES string of the molecule is O=C(Cc1ccccc1C(F)(F)F)NC[C@@H]1CCCCN1. The van der Waals surface area contributed by atoms with Crippen LogP contribution in [0.1, 0.15) is 30.4 Å². The number of rotatable bonds is 4. The molecule has 0 spiro atoms. The van der Waals surface area contributed by atoms with Crippen molar-refractivity contribution in [2.45, 2.75) is 37.9 Å². The number of carbonyl (C=O) groups is 1. The van der Waals surface area contributed by atoms with E-state index in [9.17, 15) is 18.0 Å². The molecule has 0 unspecified atom stereocenters. The Labute approximate surface area is 121 Å². The predicted octanol–water partition coefficient (Wildman–Crippen LogP) is 2.51. The van der Waals surface area contributed by atoms with E-state index in [0.29, 0.717) is 6.54 Å². The molecule has 2 N–H and O–H groups in total. The Morgan fingerprint density at radius 2 is 2.05 bits per heavy atom. The molecule has 0 radical (unpaired) electrons. The Hall–Kier alpha value is -1.56. The van der Waals surface area contributed by atoms with Crippen LogP contribution in [0.25, 0.3) is 0 Å². The number of benzene rings is 1. The van der Waals surface area contributed by atoms with E-state index in [1.54, 1.807) is 0 Å². The number of nitrogens with one attached hydrogen (secondary N) is 2. The lowest BCUT2D eigenvalue weighted by molar-refractivity contribution is -0.138. The average Bonchev–Trinajstić information content (AvgIpc) is 2.46. The highest BCUT2D eigenvalue weighted by molar-refractivity contribution is 5.79. The van der Waals surface area contributed by atoms with Gasteiger partial charge in [0.2, 0.25) is 5.91 Å². The summed E-state index contributed by atoms with van der Waals surface area (Å²) in [4.78, 5) is 11.8. The number of hydrogen-bond acceptors (Lipinski definition) is 2. The summed E-state index contributed by atoms with van der Waals surface area (Å²) < 4.78 is 38.5. The number of carbonyl (C=O) groups excluding carboxylic acids is 1. The van der Waals surface area contributed by atoms with Crippen molar-refractivity contribution >= 4 is 5.91 Å². The summed E-state index contributed by atoms with van der Waals surface area (Å²) in [6, 6.07) is 5.42. The molecule has 0 saturated carbocycles. The zero-order chi connectivity index (χ0) is 15.3. The molecule has 1 amide bonds. The summed E-state index contributed by atoms with van der Waals surface area (Å²) in [5.41, 5.74) is -0.727. The fraction of sp³-hybridized carbons (Fsp3) is 0.533. The van der Waals surface area contributed by atoms with Crippen molar-refractivity contribution in [2.24, 2.45) is 0 Å². The van der Waals surface area contributed by atoms with Gasteiger partial charge >= 0.3 is 6.18 Å². The van der Waals surface area contributed by atoms with Crippen molar-refractivity contribution in [2.75, 3.05) is 13.1 Å². The van der Waals surface area contributed by atoms with Crippen LogP contribution < -0.4 is 10.6 Å². The van der Waals surface area contributed by atoms with Gasteiger partial charge in [-0.05, 0) is 31.0 Å². The Morgan fingerprint density at radius 1 is 1.29 bits per heavy atom. The first-order chi connectivity index (χ1) is 9.97. The topological polar surface area (TPSA) is 41.1 Å². The molecule has 2 rings (SSSR count). The van der Waals surface area contributed by atoms with Gasteiger partial charge in [-0.15, -0.1) is 0 Å². The normalized spacial score (nSPS) is 19.3. The maximum atomic E-state index is 12.8. The van der Waals surface area contributed by atoms with E-state index in [0.717, 1.165) is 31.9 Å². The van der Waals surface area contributed by atoms with Crippen molar-refractivity contribution in [1.82, 2.24) is 10.6 Å². The summed E-state index contributed by atoms with van der Waals surface area (Å²) in [5, 5.41) is 5.99. The molecule has 6 heteroatoms. The highest BCUT2D eigenvalue weighted by Gasteiger charge is 2.33. The lowest BCUT2D eigenvalue weighted by Gasteiger charge is -2.23. The van der Waals surface area contributed by atoms with E-state index >= 15 is 0 Å². The van der Waals surface area contributed by atoms with Crippen LogP contribution in [0, 0.1) is 0 Å². The highest BCUT2D eigenvalue weighted by atomic mass is 19.4. The molecule has 1 aromatic carbocycles. The molecule has 0 bridgehead atoms. The van der Waals surface area contributed by atoms with Crippen molar-refractivity contribution in [1.29, 1.82) is 0 Å². The van der Waals surface area contributed by atoms with Crippen LogP contribution in [0.3, 0.4) is 0 Å². The van der Waals surface area contributed by atoms with Gasteiger partial charge in [0.15, 0.2) is 0 Å². The summed E-state index contributed by atoms with van der Waals surface area (Å²) in [5.74, 6) is -0.376. The number of alkyl halides is 3. The standard InChI is InChI=1S/C15H19F3N2O/c16-15(17,18)13-7-2-1-5-11(13)9-14(21)20-10-12-6-3-4-8-19-12/h1-2,5,7,12,19H,3-4,6,8-10H2,(H,20,21)/t12-/m0/s1. The molecule has 3 nitrogen and oxygen atoms in total. The van der Waals surface area contributed by atoms with E-state index in [1.165, 1.54) is 18.2 Å². The van der Waals surface area contributed by atoms with Gasteiger partial charge in [0.05, 0.1) is 12.0 Å². The van der Waals surface area contributed by atoms with Gasteiger partial charge in [-0.1, -0.05) is 24.6 Å². The summed E-state index contributed by atoms with van der Waals surface area (Å²) >= 11 is 0. The molecule has 1 aromatic rings. The fourth-order valence-electron chi connectivity index (χ4n) is 2.52. The number of halogens is 3. The Balaban J connectivity index is 1.90. The van der Waals surface area contributed by atoms with Crippen LogP contribution in [0.2, 0.25) is 0 Å². The van der Waals surface area contributed by atoms with Gasteiger partial charge in [-0.2, -0.15) is 13.2 Å². The minimum absolute atomic E-state index is 0.0131. The molecule has 1 aliphatic rings. The molecule has 1 heterocycles. The third kappa shape index (κ3) is 4.74. The van der Waals surface area contributed by atoms with Gasteiger partial charge in [0, 0.05) is 12.6 Å². The third-order valence-corrected chi connectivity index (χ3v) is 3.63. The second-order valence-electron chi connectivity index (χ2n) is 5.28. The van der Waals surface area contributed by atoms with Crippen molar-refractivity contribution in [3.8, 4) is 0 Å². The van der Waals surface area contributed by atoms with E-state index in [4.69, 9.17) is 0 Å². The molecule has 1 aliphatic heterocycles. The first kappa shape index (κ1) is 15.8. The van der Waals surface area contributed by atoms with Gasteiger partial charge in [0.25, 0.3) is 0 Å². The number of piperidine rings is 1. The van der Waals surface area contributed by atoms with Gasteiger partial charge < -0.3 is 10.6 Å². The van der Waals surface area contributed by atoms with E-state index in [-0.39, 0.29) is 23.9 Å². The Bertz CT molecular complexity index is 482. The molecule has 1 fully saturated rings. The molecule has 1 atom stereocenters. The molecule has 0 aromatic heterocycles. The Kier molecular flexibility index (Phi) is 5.22. The summed E-state index contributed by atoms with van der Waals surface area (Å²) in [6.07, 6.45) is -1.45. The first-order valence-corrected chi connectivity index (χ1v) is 7.12. The van der Waals surface area contributed by atoms with Gasteiger partial charge in [-0.25, -0.2) is 0 Å². The maximum absolute atomic E-state index is 12.8. The zero-order valence-corrected chi connectivity index (χ0v) is 11.7. The Morgan fingerprint density at radius 3 is 2.71 bits per heavy atom. The monoisotopic (exact) mass is 300 g/mol. The van der Waals surface area contributed by atoms with E-state index in [2.05, 4.69) is 10.6 Å². The third-order valence-electron chi connectivity index (χ3n) is 3.63. The zero-order valence-electron chi connectivity index (χ0n) is 11.7. The number of amides is 1. The molecule has 21 heavy (non-hydrogen) atoms. The van der Waals surface area contributed by atoms with Crippen molar-refractivity contribution in [3.63, 3.8) is 0 Å². The summed E-state index contributed by atoms with van der Waals surface area (Å²) in [6.45, 7) is 1.39. The van der Waals surface area contributed by atoms with E-state index < -0.39 is 11.7 Å². The highest BCUT2D eigenvalue weighted by Crippen LogP contribution is 2.31.